The molecule has 12 nitrogen and oxygen atoms in total. The third-order valence-corrected chi connectivity index (χ3v) is 7.89. The second-order valence-electron chi connectivity index (χ2n) is 12.0. The van der Waals surface area contributed by atoms with Gasteiger partial charge in [0.05, 0.1) is 37.9 Å². The number of carbonyl (C=O) groups is 2. The van der Waals surface area contributed by atoms with Crippen LogP contribution in [0.2, 0.25) is 0 Å². The first-order valence-electron chi connectivity index (χ1n) is 15.9. The minimum atomic E-state index is -0.646. The molecule has 0 spiro atoms. The maximum atomic E-state index is 12.5. The van der Waals surface area contributed by atoms with E-state index in [-0.39, 0.29) is 23.4 Å². The lowest BCUT2D eigenvalue weighted by Crippen LogP contribution is -2.35. The molecule has 3 aromatic rings. The molecule has 1 unspecified atom stereocenters. The fourth-order valence-electron chi connectivity index (χ4n) is 5.40. The molecule has 0 bridgehead atoms. The van der Waals surface area contributed by atoms with E-state index < -0.39 is 16.6 Å². The minimum absolute atomic E-state index is 0.138. The molecule has 1 atom stereocenters. The van der Waals surface area contributed by atoms with E-state index in [0.29, 0.717) is 51.8 Å². The van der Waals surface area contributed by atoms with Crippen molar-refractivity contribution in [1.29, 1.82) is 0 Å². The molecule has 1 N–H and O–H groups in total. The van der Waals surface area contributed by atoms with Crippen molar-refractivity contribution in [3.8, 4) is 5.75 Å². The van der Waals surface area contributed by atoms with E-state index >= 15 is 0 Å². The molecular formula is C35H41N3O9. The topological polar surface area (TPSA) is 139 Å². The van der Waals surface area contributed by atoms with Gasteiger partial charge in [0, 0.05) is 55.9 Å². The van der Waals surface area contributed by atoms with Crippen molar-refractivity contribution in [1.82, 2.24) is 4.90 Å². The highest BCUT2D eigenvalue weighted by Crippen LogP contribution is 2.35. The van der Waals surface area contributed by atoms with Crippen molar-refractivity contribution in [2.45, 2.75) is 64.6 Å². The normalized spacial score (nSPS) is 16.7. The first-order valence-corrected chi connectivity index (χ1v) is 15.9. The number of cyclic esters (lactones) is 1. The molecule has 1 saturated heterocycles. The summed E-state index contributed by atoms with van der Waals surface area (Å²) in [7, 11) is 0. The second-order valence-corrected chi connectivity index (χ2v) is 12.0. The number of unbranched alkanes of at least 4 members (excludes halogenated alkanes) is 3. The van der Waals surface area contributed by atoms with Crippen LogP contribution in [-0.4, -0.2) is 60.5 Å². The Kier molecular flexibility index (Phi) is 11.4. The summed E-state index contributed by atoms with van der Waals surface area (Å²) in [5, 5.41) is 13.7. The van der Waals surface area contributed by atoms with Gasteiger partial charge in [0.25, 0.3) is 11.6 Å². The molecule has 3 aromatic carbocycles. The molecule has 250 valence electrons. The summed E-state index contributed by atoms with van der Waals surface area (Å²) >= 11 is 0. The van der Waals surface area contributed by atoms with Crippen LogP contribution in [0.25, 0.3) is 0 Å². The lowest BCUT2D eigenvalue weighted by atomic mass is 10.0. The number of nitro groups is 1. The van der Waals surface area contributed by atoms with Crippen molar-refractivity contribution < 1.29 is 38.2 Å². The third kappa shape index (κ3) is 9.74. The van der Waals surface area contributed by atoms with Crippen LogP contribution in [0.4, 0.5) is 16.2 Å². The number of ether oxygens (including phenoxy) is 5. The highest BCUT2D eigenvalue weighted by Gasteiger charge is 2.33. The lowest BCUT2D eigenvalue weighted by molar-refractivity contribution is -0.384. The molecule has 0 radical (unpaired) electrons. The summed E-state index contributed by atoms with van der Waals surface area (Å²) in [6, 6.07) is 18.7. The maximum absolute atomic E-state index is 12.5. The number of nitro benzene ring substituents is 1. The van der Waals surface area contributed by atoms with E-state index in [0.717, 1.165) is 48.1 Å². The molecule has 2 heterocycles. The summed E-state index contributed by atoms with van der Waals surface area (Å²) in [6.07, 6.45) is 3.25. The Morgan fingerprint density at radius 3 is 2.66 bits per heavy atom. The zero-order valence-corrected chi connectivity index (χ0v) is 26.8. The molecule has 47 heavy (non-hydrogen) atoms. The quantitative estimate of drug-likeness (QED) is 0.101. The van der Waals surface area contributed by atoms with E-state index in [1.54, 1.807) is 17.0 Å². The van der Waals surface area contributed by atoms with Gasteiger partial charge in [-0.1, -0.05) is 37.1 Å². The molecule has 0 aliphatic carbocycles. The van der Waals surface area contributed by atoms with Crippen LogP contribution >= 0.6 is 0 Å². The van der Waals surface area contributed by atoms with Crippen molar-refractivity contribution in [2.75, 3.05) is 38.2 Å². The number of rotatable bonds is 16. The highest BCUT2D eigenvalue weighted by atomic mass is 16.7. The molecule has 2 amide bonds. The smallest absolute Gasteiger partial charge is 0.410 e. The van der Waals surface area contributed by atoms with Crippen molar-refractivity contribution >= 4 is 23.4 Å². The fraction of sp³-hybridized carbons (Fsp3) is 0.429. The minimum Gasteiger partial charge on any atom is -0.463 e. The molecule has 12 heteroatoms. The maximum Gasteiger partial charge on any atom is 0.410 e. The standard InChI is InChI=1S/C35H41N3O9/c1-35(2)45-24-28-20-26(13-14-31(28)47-35)32-22-37(34(40)46-32)15-5-3-4-6-16-43-17-18-44-23-25-9-7-11-29(19-25)36-33(39)27-10-8-12-30(21-27)38(41)42/h7-14,19-21,32H,3-6,15-18,22-24H2,1-2H3,(H,36,39). The summed E-state index contributed by atoms with van der Waals surface area (Å²) in [5.41, 5.74) is 3.43. The summed E-state index contributed by atoms with van der Waals surface area (Å²) in [6.45, 7) is 7.33. The summed E-state index contributed by atoms with van der Waals surface area (Å²) in [5.74, 6) is -0.270. The Morgan fingerprint density at radius 2 is 1.81 bits per heavy atom. The number of nitrogens with one attached hydrogen (secondary N) is 1. The summed E-state index contributed by atoms with van der Waals surface area (Å²) < 4.78 is 28.7. The first-order chi connectivity index (χ1) is 22.7. The molecule has 2 aliphatic heterocycles. The zero-order valence-electron chi connectivity index (χ0n) is 26.8. The number of nitrogens with zero attached hydrogens (tertiary/aromatic N) is 2. The molecule has 0 saturated carbocycles. The largest absolute Gasteiger partial charge is 0.463 e. The predicted octanol–water partition coefficient (Wildman–Crippen LogP) is 6.78. The van der Waals surface area contributed by atoms with Crippen LogP contribution in [0, 0.1) is 10.1 Å². The average Bonchev–Trinajstić information content (AvgIpc) is 3.43. The predicted molar refractivity (Wildman–Crippen MR) is 173 cm³/mol. The van der Waals surface area contributed by atoms with Gasteiger partial charge in [-0.3, -0.25) is 14.9 Å². The van der Waals surface area contributed by atoms with Gasteiger partial charge < -0.3 is 33.9 Å². The zero-order chi connectivity index (χ0) is 33.2. The van der Waals surface area contributed by atoms with Gasteiger partial charge in [-0.05, 0) is 54.3 Å². The van der Waals surface area contributed by atoms with Gasteiger partial charge in [0.1, 0.15) is 11.9 Å². The van der Waals surface area contributed by atoms with E-state index in [4.69, 9.17) is 23.7 Å². The monoisotopic (exact) mass is 647 g/mol. The van der Waals surface area contributed by atoms with E-state index in [9.17, 15) is 19.7 Å². The fourth-order valence-corrected chi connectivity index (χ4v) is 5.40. The molecule has 5 rings (SSSR count). The Labute approximate surface area is 274 Å². The number of hydrogen-bond donors (Lipinski definition) is 1. The molecule has 1 fully saturated rings. The highest BCUT2D eigenvalue weighted by molar-refractivity contribution is 6.04. The third-order valence-electron chi connectivity index (χ3n) is 7.89. The molecular weight excluding hydrogens is 606 g/mol. The summed E-state index contributed by atoms with van der Waals surface area (Å²) in [4.78, 5) is 37.2. The van der Waals surface area contributed by atoms with Gasteiger partial charge in [0.2, 0.25) is 5.79 Å². The number of non-ortho nitro benzene ring substituents is 1. The van der Waals surface area contributed by atoms with Gasteiger partial charge in [-0.2, -0.15) is 0 Å². The SMILES string of the molecule is CC1(C)OCc2cc(C3CN(CCCCCCOCCOCc4cccc(NC(=O)c5cccc([N+](=O)[O-])c5)c4)C(=O)O3)ccc2O1. The lowest BCUT2D eigenvalue weighted by Gasteiger charge is -2.32. The van der Waals surface area contributed by atoms with Crippen molar-refractivity contribution in [2.24, 2.45) is 0 Å². The van der Waals surface area contributed by atoms with E-state index in [1.165, 1.54) is 24.3 Å². The molecule has 0 aromatic heterocycles. The first kappa shape index (κ1) is 33.8. The Bertz CT molecular complexity index is 1560. The van der Waals surface area contributed by atoms with Crippen LogP contribution in [-0.2, 0) is 32.2 Å². The van der Waals surface area contributed by atoms with Crippen molar-refractivity contribution in [3.63, 3.8) is 0 Å². The van der Waals surface area contributed by atoms with Gasteiger partial charge in [0.15, 0.2) is 0 Å². The van der Waals surface area contributed by atoms with E-state index in [1.807, 2.05) is 44.2 Å². The van der Waals surface area contributed by atoms with E-state index in [2.05, 4.69) is 5.32 Å². The number of amides is 2. The van der Waals surface area contributed by atoms with Gasteiger partial charge >= 0.3 is 6.09 Å². The van der Waals surface area contributed by atoms with Crippen molar-refractivity contribution in [3.05, 3.63) is 99.1 Å². The van der Waals surface area contributed by atoms with Crippen LogP contribution in [0.5, 0.6) is 5.75 Å². The van der Waals surface area contributed by atoms with Crippen LogP contribution in [0.3, 0.4) is 0 Å². The molecule has 2 aliphatic rings. The average molecular weight is 648 g/mol. The van der Waals surface area contributed by atoms with Gasteiger partial charge in [-0.25, -0.2) is 4.79 Å². The number of anilines is 1. The van der Waals surface area contributed by atoms with Gasteiger partial charge in [-0.15, -0.1) is 0 Å². The Hall–Kier alpha value is -4.52. The Morgan fingerprint density at radius 1 is 1.00 bits per heavy atom. The number of hydrogen-bond acceptors (Lipinski definition) is 9. The Balaban J connectivity index is 0.904. The number of carbonyl (C=O) groups excluding carboxylic acids is 2. The number of fused-ring (bicyclic) bond motifs is 1. The van der Waals surface area contributed by atoms with Crippen LogP contribution in [0.1, 0.15) is 72.7 Å². The van der Waals surface area contributed by atoms with Crippen LogP contribution < -0.4 is 10.1 Å². The number of benzene rings is 3. The van der Waals surface area contributed by atoms with Crippen LogP contribution in [0.15, 0.2) is 66.7 Å². The second kappa shape index (κ2) is 15.9.